The number of nitrogens with one attached hydrogen (secondary N) is 1. The average Bonchev–Trinajstić information content (AvgIpc) is 2.30. The molecular formula is C14H24N2O2. The normalized spacial score (nSPS) is 24.8. The van der Waals surface area contributed by atoms with Crippen LogP contribution in [0.5, 0.6) is 0 Å². The first kappa shape index (κ1) is 14.7. The van der Waals surface area contributed by atoms with Crippen LogP contribution in [0.2, 0.25) is 0 Å². The second-order valence-corrected chi connectivity index (χ2v) is 5.30. The molecule has 0 radical (unpaired) electrons. The fraction of sp³-hybridized carbons (Fsp3) is 0.714. The molecule has 1 heterocycles. The lowest BCUT2D eigenvalue weighted by molar-refractivity contribution is -0.149. The van der Waals surface area contributed by atoms with Gasteiger partial charge in [0.2, 0.25) is 5.91 Å². The minimum absolute atomic E-state index is 0.00852. The van der Waals surface area contributed by atoms with Gasteiger partial charge in [-0.3, -0.25) is 9.59 Å². The van der Waals surface area contributed by atoms with E-state index in [1.165, 1.54) is 12.5 Å². The van der Waals surface area contributed by atoms with Gasteiger partial charge in [0.05, 0.1) is 6.04 Å². The summed E-state index contributed by atoms with van der Waals surface area (Å²) >= 11 is 0. The Kier molecular flexibility index (Phi) is 4.54. The Bertz CT molecular complexity index is 385. The molecular weight excluding hydrogens is 228 g/mol. The van der Waals surface area contributed by atoms with Crippen LogP contribution in [0.4, 0.5) is 0 Å². The molecule has 2 unspecified atom stereocenters. The van der Waals surface area contributed by atoms with Crippen molar-refractivity contribution in [3.8, 4) is 0 Å². The van der Waals surface area contributed by atoms with Crippen molar-refractivity contribution in [2.75, 3.05) is 0 Å². The molecule has 1 aliphatic heterocycles. The molecule has 18 heavy (non-hydrogen) atoms. The number of likely N-dealkylation sites (tertiary alicyclic amines) is 1. The molecule has 0 saturated carbocycles. The van der Waals surface area contributed by atoms with Crippen molar-refractivity contribution < 1.29 is 9.59 Å². The first-order chi connectivity index (χ1) is 8.31. The van der Waals surface area contributed by atoms with Crippen LogP contribution in [0.15, 0.2) is 11.3 Å². The number of amides is 2. The maximum absolute atomic E-state index is 12.2. The Hall–Kier alpha value is -1.32. The van der Waals surface area contributed by atoms with E-state index >= 15 is 0 Å². The van der Waals surface area contributed by atoms with Crippen molar-refractivity contribution in [2.45, 2.75) is 60.0 Å². The number of hydrogen-bond acceptors (Lipinski definition) is 2. The van der Waals surface area contributed by atoms with Crippen molar-refractivity contribution in [3.63, 3.8) is 0 Å². The lowest BCUT2D eigenvalue weighted by Gasteiger charge is -2.48. The Morgan fingerprint density at radius 2 is 1.94 bits per heavy atom. The fourth-order valence-corrected chi connectivity index (χ4v) is 2.52. The first-order valence-electron chi connectivity index (χ1n) is 6.61. The maximum atomic E-state index is 12.2. The van der Waals surface area contributed by atoms with E-state index < -0.39 is 0 Å². The van der Waals surface area contributed by atoms with Crippen LogP contribution in [-0.2, 0) is 9.59 Å². The van der Waals surface area contributed by atoms with Crippen molar-refractivity contribution in [1.82, 2.24) is 10.2 Å². The molecule has 0 aromatic carbocycles. The van der Waals surface area contributed by atoms with E-state index in [-0.39, 0.29) is 23.9 Å². The van der Waals surface area contributed by atoms with Crippen LogP contribution in [0.3, 0.4) is 0 Å². The zero-order chi connectivity index (χ0) is 14.0. The minimum atomic E-state index is -0.360. The lowest BCUT2D eigenvalue weighted by atomic mass is 9.90. The highest BCUT2D eigenvalue weighted by atomic mass is 16.2. The van der Waals surface area contributed by atoms with Crippen LogP contribution in [-0.4, -0.2) is 28.8 Å². The van der Waals surface area contributed by atoms with Crippen molar-refractivity contribution in [3.05, 3.63) is 11.3 Å². The van der Waals surface area contributed by atoms with Crippen LogP contribution in [0.1, 0.15) is 48.0 Å². The van der Waals surface area contributed by atoms with Crippen molar-refractivity contribution >= 4 is 11.8 Å². The zero-order valence-electron chi connectivity index (χ0n) is 12.2. The number of rotatable bonds is 4. The number of nitrogens with zero attached hydrogens (tertiary/aromatic N) is 1. The molecule has 1 fully saturated rings. The number of carbonyl (C=O) groups excluding carboxylic acids is 2. The highest BCUT2D eigenvalue weighted by Crippen LogP contribution is 2.31. The maximum Gasteiger partial charge on any atom is 0.251 e. The van der Waals surface area contributed by atoms with Gasteiger partial charge < -0.3 is 10.2 Å². The first-order valence-corrected chi connectivity index (χ1v) is 6.61. The van der Waals surface area contributed by atoms with Crippen molar-refractivity contribution in [2.24, 2.45) is 5.92 Å². The lowest BCUT2D eigenvalue weighted by Crippen LogP contribution is -2.69. The molecule has 4 nitrogen and oxygen atoms in total. The Balaban J connectivity index is 2.93. The minimum Gasteiger partial charge on any atom is -0.343 e. The molecule has 0 bridgehead atoms. The van der Waals surface area contributed by atoms with E-state index in [0.717, 1.165) is 12.1 Å². The molecule has 2 amide bonds. The molecule has 0 aromatic heterocycles. The second-order valence-electron chi connectivity index (χ2n) is 5.30. The van der Waals surface area contributed by atoms with Gasteiger partial charge in [0.25, 0.3) is 5.91 Å². The van der Waals surface area contributed by atoms with Gasteiger partial charge in [-0.05, 0) is 26.2 Å². The SMILES string of the molecule is CC/C(C)=C(/C(C)C)N1C(=O)C(NC(C)=O)C1C. The summed E-state index contributed by atoms with van der Waals surface area (Å²) in [5, 5.41) is 2.71. The van der Waals surface area contributed by atoms with Gasteiger partial charge in [-0.15, -0.1) is 0 Å². The summed E-state index contributed by atoms with van der Waals surface area (Å²) in [6, 6.07) is -0.318. The Morgan fingerprint density at radius 1 is 1.39 bits per heavy atom. The number of carbonyl (C=O) groups is 2. The van der Waals surface area contributed by atoms with Gasteiger partial charge in [0.15, 0.2) is 0 Å². The van der Waals surface area contributed by atoms with Crippen LogP contribution < -0.4 is 5.32 Å². The molecule has 4 heteroatoms. The van der Waals surface area contributed by atoms with Gasteiger partial charge in [-0.25, -0.2) is 0 Å². The number of allylic oxidation sites excluding steroid dienone is 2. The molecule has 102 valence electrons. The highest BCUT2D eigenvalue weighted by Gasteiger charge is 2.47. The van der Waals surface area contributed by atoms with Gasteiger partial charge in [-0.2, -0.15) is 0 Å². The van der Waals surface area contributed by atoms with E-state index in [1.807, 2.05) is 11.8 Å². The van der Waals surface area contributed by atoms with Gasteiger partial charge in [0, 0.05) is 12.6 Å². The second kappa shape index (κ2) is 5.55. The third kappa shape index (κ3) is 2.57. The number of β-lactam (4-membered cyclic amide) rings is 1. The summed E-state index contributed by atoms with van der Waals surface area (Å²) in [5.41, 5.74) is 2.35. The Labute approximate surface area is 109 Å². The molecule has 0 aliphatic carbocycles. The third-order valence-corrected chi connectivity index (χ3v) is 3.53. The van der Waals surface area contributed by atoms with Gasteiger partial charge in [-0.1, -0.05) is 26.3 Å². The van der Waals surface area contributed by atoms with Gasteiger partial charge >= 0.3 is 0 Å². The van der Waals surface area contributed by atoms with Crippen LogP contribution in [0.25, 0.3) is 0 Å². The predicted octanol–water partition coefficient (Wildman–Crippen LogP) is 2.06. The molecule has 1 saturated heterocycles. The molecule has 2 atom stereocenters. The van der Waals surface area contributed by atoms with E-state index in [0.29, 0.717) is 5.92 Å². The smallest absolute Gasteiger partial charge is 0.251 e. The molecule has 1 rings (SSSR count). The monoisotopic (exact) mass is 252 g/mol. The molecule has 1 aliphatic rings. The van der Waals surface area contributed by atoms with E-state index in [9.17, 15) is 9.59 Å². The summed E-state index contributed by atoms with van der Waals surface area (Å²) in [6.45, 7) is 11.8. The fourth-order valence-electron chi connectivity index (χ4n) is 2.52. The van der Waals surface area contributed by atoms with Crippen molar-refractivity contribution in [1.29, 1.82) is 0 Å². The summed E-state index contributed by atoms with van der Waals surface area (Å²) in [7, 11) is 0. The average molecular weight is 252 g/mol. The predicted molar refractivity (Wildman–Crippen MR) is 71.7 cm³/mol. The highest BCUT2D eigenvalue weighted by molar-refractivity contribution is 5.94. The summed E-state index contributed by atoms with van der Waals surface area (Å²) in [4.78, 5) is 25.0. The van der Waals surface area contributed by atoms with Crippen LogP contribution in [0, 0.1) is 5.92 Å². The van der Waals surface area contributed by atoms with Crippen LogP contribution >= 0.6 is 0 Å². The summed E-state index contributed by atoms with van der Waals surface area (Å²) in [6.07, 6.45) is 0.939. The number of hydrogen-bond donors (Lipinski definition) is 1. The molecule has 0 spiro atoms. The largest absolute Gasteiger partial charge is 0.343 e. The van der Waals surface area contributed by atoms with Gasteiger partial charge in [0.1, 0.15) is 6.04 Å². The standard InChI is InChI=1S/C14H24N2O2/c1-7-9(4)13(8(2)3)16-10(5)12(14(16)18)15-11(6)17/h8,10,12H,7H2,1-6H3,(H,15,17)/b13-9-. The topological polar surface area (TPSA) is 49.4 Å². The third-order valence-electron chi connectivity index (χ3n) is 3.53. The molecule has 1 N–H and O–H groups in total. The van der Waals surface area contributed by atoms with E-state index in [2.05, 4.69) is 33.0 Å². The quantitative estimate of drug-likeness (QED) is 0.779. The zero-order valence-corrected chi connectivity index (χ0v) is 12.2. The van der Waals surface area contributed by atoms with E-state index in [1.54, 1.807) is 0 Å². The summed E-state index contributed by atoms with van der Waals surface area (Å²) in [5.74, 6) is 0.172. The van der Waals surface area contributed by atoms with E-state index in [4.69, 9.17) is 0 Å². The molecule has 0 aromatic rings. The summed E-state index contributed by atoms with van der Waals surface area (Å²) < 4.78 is 0. The Morgan fingerprint density at radius 3 is 2.28 bits per heavy atom.